The molecular formula is C11H12ClN3O2. The zero-order chi connectivity index (χ0) is 12.3. The smallest absolute Gasteiger partial charge is 0.253 e. The molecule has 0 aromatic carbocycles. The molecule has 0 atom stereocenters. The molecule has 1 fully saturated rings. The summed E-state index contributed by atoms with van der Waals surface area (Å²) in [5.74, 6) is 0. The molecule has 1 aromatic heterocycles. The Bertz CT molecular complexity index is 445. The number of hydrogen-bond donors (Lipinski definition) is 0. The van der Waals surface area contributed by atoms with Gasteiger partial charge in [-0.05, 0) is 24.5 Å². The number of allylic oxidation sites excluding steroid dienone is 1. The summed E-state index contributed by atoms with van der Waals surface area (Å²) in [7, 11) is 0. The minimum absolute atomic E-state index is 0.395. The standard InChI is InChI=1S/C11H12ClN3O2/c12-11-4-3-9(6-13-11)7-14-5-1-2-10(14)8-15(16)17/h3-4,6,8H,1-2,5,7H2/b10-8-. The van der Waals surface area contributed by atoms with Crippen LogP contribution in [-0.2, 0) is 6.54 Å². The van der Waals surface area contributed by atoms with E-state index in [0.717, 1.165) is 36.8 Å². The van der Waals surface area contributed by atoms with Crippen molar-refractivity contribution in [1.82, 2.24) is 9.88 Å². The largest absolute Gasteiger partial charge is 0.365 e. The molecule has 0 radical (unpaired) electrons. The van der Waals surface area contributed by atoms with Gasteiger partial charge in [-0.1, -0.05) is 17.7 Å². The van der Waals surface area contributed by atoms with Crippen molar-refractivity contribution in [2.24, 2.45) is 0 Å². The van der Waals surface area contributed by atoms with Gasteiger partial charge in [-0.3, -0.25) is 10.1 Å². The highest BCUT2D eigenvalue weighted by Crippen LogP contribution is 2.23. The van der Waals surface area contributed by atoms with Gasteiger partial charge in [0.1, 0.15) is 5.15 Å². The molecule has 0 aliphatic carbocycles. The molecular weight excluding hydrogens is 242 g/mol. The second kappa shape index (κ2) is 5.14. The van der Waals surface area contributed by atoms with Crippen molar-refractivity contribution in [3.8, 4) is 0 Å². The van der Waals surface area contributed by atoms with Gasteiger partial charge < -0.3 is 4.90 Å². The molecule has 1 saturated heterocycles. The van der Waals surface area contributed by atoms with E-state index in [1.165, 1.54) is 0 Å². The molecule has 2 heterocycles. The lowest BCUT2D eigenvalue weighted by molar-refractivity contribution is -0.404. The van der Waals surface area contributed by atoms with Crippen LogP contribution in [0.2, 0.25) is 5.15 Å². The highest BCUT2D eigenvalue weighted by Gasteiger charge is 2.19. The van der Waals surface area contributed by atoms with Crippen molar-refractivity contribution in [3.05, 3.63) is 51.1 Å². The van der Waals surface area contributed by atoms with Gasteiger partial charge >= 0.3 is 0 Å². The van der Waals surface area contributed by atoms with Crippen LogP contribution in [0.25, 0.3) is 0 Å². The van der Waals surface area contributed by atoms with Gasteiger partial charge in [-0.2, -0.15) is 0 Å². The highest BCUT2D eigenvalue weighted by molar-refractivity contribution is 6.29. The summed E-state index contributed by atoms with van der Waals surface area (Å²) in [5.41, 5.74) is 1.79. The second-order valence-corrected chi connectivity index (χ2v) is 4.31. The third kappa shape index (κ3) is 3.17. The molecule has 1 aliphatic rings. The summed E-state index contributed by atoms with van der Waals surface area (Å²) in [5, 5.41) is 10.9. The monoisotopic (exact) mass is 253 g/mol. The fourth-order valence-electron chi connectivity index (χ4n) is 1.92. The maximum Gasteiger partial charge on any atom is 0.253 e. The zero-order valence-corrected chi connectivity index (χ0v) is 9.93. The Balaban J connectivity index is 2.07. The minimum Gasteiger partial charge on any atom is -0.365 e. The molecule has 1 aliphatic heterocycles. The molecule has 0 saturated carbocycles. The molecule has 0 N–H and O–H groups in total. The number of nitro groups is 1. The zero-order valence-electron chi connectivity index (χ0n) is 9.17. The summed E-state index contributed by atoms with van der Waals surface area (Å²) in [6.45, 7) is 1.49. The summed E-state index contributed by atoms with van der Waals surface area (Å²) < 4.78 is 0. The van der Waals surface area contributed by atoms with Crippen molar-refractivity contribution >= 4 is 11.6 Å². The van der Waals surface area contributed by atoms with Crippen LogP contribution >= 0.6 is 11.6 Å². The summed E-state index contributed by atoms with van der Waals surface area (Å²) in [6, 6.07) is 3.61. The lowest BCUT2D eigenvalue weighted by Crippen LogP contribution is -2.18. The first-order valence-electron chi connectivity index (χ1n) is 5.35. The lowest BCUT2D eigenvalue weighted by Gasteiger charge is -2.18. The van der Waals surface area contributed by atoms with Crippen molar-refractivity contribution in [2.75, 3.05) is 6.54 Å². The van der Waals surface area contributed by atoms with Gasteiger partial charge in [-0.15, -0.1) is 0 Å². The maximum absolute atomic E-state index is 10.5. The van der Waals surface area contributed by atoms with E-state index in [1.54, 1.807) is 12.3 Å². The third-order valence-electron chi connectivity index (χ3n) is 2.68. The molecule has 17 heavy (non-hydrogen) atoms. The molecule has 0 unspecified atom stereocenters. The number of hydrogen-bond acceptors (Lipinski definition) is 4. The fraction of sp³-hybridized carbons (Fsp3) is 0.364. The summed E-state index contributed by atoms with van der Waals surface area (Å²) in [6.07, 6.45) is 4.52. The first-order chi connectivity index (χ1) is 8.15. The topological polar surface area (TPSA) is 59.3 Å². The molecule has 90 valence electrons. The Hall–Kier alpha value is -1.62. The molecule has 1 aromatic rings. The average Bonchev–Trinajstić information content (AvgIpc) is 2.68. The maximum atomic E-state index is 10.5. The van der Waals surface area contributed by atoms with E-state index in [2.05, 4.69) is 4.98 Å². The van der Waals surface area contributed by atoms with Crippen molar-refractivity contribution in [2.45, 2.75) is 19.4 Å². The van der Waals surface area contributed by atoms with Gasteiger partial charge in [0, 0.05) is 19.3 Å². The van der Waals surface area contributed by atoms with Crippen molar-refractivity contribution < 1.29 is 4.92 Å². The van der Waals surface area contributed by atoms with Gasteiger partial charge in [0.2, 0.25) is 0 Å². The van der Waals surface area contributed by atoms with E-state index < -0.39 is 4.92 Å². The first-order valence-corrected chi connectivity index (χ1v) is 5.72. The molecule has 5 nitrogen and oxygen atoms in total. The Kier molecular flexibility index (Phi) is 3.58. The Morgan fingerprint density at radius 1 is 1.59 bits per heavy atom. The number of rotatable bonds is 3. The van der Waals surface area contributed by atoms with E-state index in [9.17, 15) is 10.1 Å². The Morgan fingerprint density at radius 3 is 3.06 bits per heavy atom. The number of likely N-dealkylation sites (tertiary alicyclic amines) is 1. The van der Waals surface area contributed by atoms with Crippen LogP contribution in [0.5, 0.6) is 0 Å². The molecule has 0 amide bonds. The van der Waals surface area contributed by atoms with E-state index in [0.29, 0.717) is 11.7 Å². The van der Waals surface area contributed by atoms with Gasteiger partial charge in [0.15, 0.2) is 0 Å². The predicted octanol–water partition coefficient (Wildman–Crippen LogP) is 2.45. The number of pyridine rings is 1. The van der Waals surface area contributed by atoms with Crippen molar-refractivity contribution in [3.63, 3.8) is 0 Å². The van der Waals surface area contributed by atoms with Crippen LogP contribution in [0.1, 0.15) is 18.4 Å². The van der Waals surface area contributed by atoms with Crippen molar-refractivity contribution in [1.29, 1.82) is 0 Å². The molecule has 0 spiro atoms. The summed E-state index contributed by atoms with van der Waals surface area (Å²) >= 11 is 5.70. The summed E-state index contributed by atoms with van der Waals surface area (Å²) in [4.78, 5) is 16.1. The number of halogens is 1. The Morgan fingerprint density at radius 2 is 2.41 bits per heavy atom. The quantitative estimate of drug-likeness (QED) is 0.472. The van der Waals surface area contributed by atoms with Crippen LogP contribution in [0.15, 0.2) is 30.2 Å². The highest BCUT2D eigenvalue weighted by atomic mass is 35.5. The Labute approximate surface area is 104 Å². The van der Waals surface area contributed by atoms with E-state index >= 15 is 0 Å². The molecule has 0 bridgehead atoms. The molecule has 2 rings (SSSR count). The lowest BCUT2D eigenvalue weighted by atomic mass is 10.2. The van der Waals surface area contributed by atoms with Gasteiger partial charge in [0.25, 0.3) is 6.20 Å². The van der Waals surface area contributed by atoms with Crippen LogP contribution in [0, 0.1) is 10.1 Å². The first kappa shape index (κ1) is 11.9. The average molecular weight is 254 g/mol. The second-order valence-electron chi connectivity index (χ2n) is 3.92. The number of aromatic nitrogens is 1. The minimum atomic E-state index is -0.395. The SMILES string of the molecule is O=[N+]([O-])/C=C1/CCCN1Cc1ccc(Cl)nc1. The fourth-order valence-corrected chi connectivity index (χ4v) is 2.03. The van der Waals surface area contributed by atoms with Gasteiger partial charge in [-0.25, -0.2) is 4.98 Å². The van der Waals surface area contributed by atoms with E-state index in [-0.39, 0.29) is 0 Å². The van der Waals surface area contributed by atoms with Crippen LogP contribution in [-0.4, -0.2) is 21.4 Å². The normalized spacial score (nSPS) is 17.7. The third-order valence-corrected chi connectivity index (χ3v) is 2.91. The van der Waals surface area contributed by atoms with Crippen LogP contribution in [0.3, 0.4) is 0 Å². The number of nitrogens with zero attached hydrogens (tertiary/aromatic N) is 3. The predicted molar refractivity (Wildman–Crippen MR) is 64.0 cm³/mol. The van der Waals surface area contributed by atoms with Gasteiger partial charge in [0.05, 0.1) is 10.6 Å². The molecule has 6 heteroatoms. The van der Waals surface area contributed by atoms with E-state index in [4.69, 9.17) is 11.6 Å². The van der Waals surface area contributed by atoms with Crippen LogP contribution < -0.4 is 0 Å². The van der Waals surface area contributed by atoms with E-state index in [1.807, 2.05) is 11.0 Å². The van der Waals surface area contributed by atoms with Crippen LogP contribution in [0.4, 0.5) is 0 Å².